The van der Waals surface area contributed by atoms with Gasteiger partial charge in [0.2, 0.25) is 5.88 Å². The molecule has 0 aliphatic heterocycles. The second-order valence-electron chi connectivity index (χ2n) is 4.52. The van der Waals surface area contributed by atoms with Crippen LogP contribution in [0.5, 0.6) is 5.88 Å². The molecule has 0 unspecified atom stereocenters. The number of benzene rings is 1. The fourth-order valence-corrected chi connectivity index (χ4v) is 2.01. The summed E-state index contributed by atoms with van der Waals surface area (Å²) in [6.07, 6.45) is 0. The molecule has 2 rings (SSSR count). The molecule has 2 N–H and O–H groups in total. The molecule has 0 spiro atoms. The standard InChI is InChI=1S/C16H21N3O/c1-3-19(12-13-8-10-14(17)11-9-13)15-6-5-7-16(18-15)20-4-2/h5-11H,3-4,12,17H2,1-2H3. The number of hydrogen-bond acceptors (Lipinski definition) is 4. The summed E-state index contributed by atoms with van der Waals surface area (Å²) in [4.78, 5) is 6.73. The highest BCUT2D eigenvalue weighted by molar-refractivity contribution is 5.44. The molecule has 0 atom stereocenters. The summed E-state index contributed by atoms with van der Waals surface area (Å²) in [6.45, 7) is 6.39. The SMILES string of the molecule is CCOc1cccc(N(CC)Cc2ccc(N)cc2)n1. The average molecular weight is 271 g/mol. The Morgan fingerprint density at radius 3 is 2.50 bits per heavy atom. The predicted molar refractivity (Wildman–Crippen MR) is 83.0 cm³/mol. The molecule has 2 aromatic rings. The maximum Gasteiger partial charge on any atom is 0.215 e. The van der Waals surface area contributed by atoms with E-state index >= 15 is 0 Å². The van der Waals surface area contributed by atoms with Crippen molar-refractivity contribution in [1.82, 2.24) is 4.98 Å². The van der Waals surface area contributed by atoms with Crippen molar-refractivity contribution in [3.8, 4) is 5.88 Å². The molecule has 1 aromatic carbocycles. The molecule has 0 saturated heterocycles. The quantitative estimate of drug-likeness (QED) is 0.820. The molecule has 106 valence electrons. The number of anilines is 2. The molecule has 1 aromatic heterocycles. The summed E-state index contributed by atoms with van der Waals surface area (Å²) in [5.74, 6) is 1.59. The number of nitrogen functional groups attached to an aromatic ring is 1. The number of hydrogen-bond donors (Lipinski definition) is 1. The molecule has 4 nitrogen and oxygen atoms in total. The Bertz CT molecular complexity index is 540. The first-order chi connectivity index (χ1) is 9.72. The zero-order chi connectivity index (χ0) is 14.4. The molecule has 0 radical (unpaired) electrons. The largest absolute Gasteiger partial charge is 0.478 e. The number of rotatable bonds is 6. The van der Waals surface area contributed by atoms with Crippen molar-refractivity contribution in [2.45, 2.75) is 20.4 Å². The Morgan fingerprint density at radius 1 is 1.10 bits per heavy atom. The Kier molecular flexibility index (Phi) is 4.82. The minimum Gasteiger partial charge on any atom is -0.478 e. The lowest BCUT2D eigenvalue weighted by Gasteiger charge is -2.22. The van der Waals surface area contributed by atoms with E-state index < -0.39 is 0 Å². The Morgan fingerprint density at radius 2 is 1.85 bits per heavy atom. The van der Waals surface area contributed by atoms with Crippen LogP contribution in [-0.4, -0.2) is 18.1 Å². The fraction of sp³-hybridized carbons (Fsp3) is 0.312. The minimum atomic E-state index is 0.626. The maximum absolute atomic E-state index is 5.71. The van der Waals surface area contributed by atoms with Gasteiger partial charge in [-0.25, -0.2) is 0 Å². The molecule has 0 bridgehead atoms. The third-order valence-corrected chi connectivity index (χ3v) is 3.06. The predicted octanol–water partition coefficient (Wildman–Crippen LogP) is 3.09. The third-order valence-electron chi connectivity index (χ3n) is 3.06. The molecular formula is C16H21N3O. The van der Waals surface area contributed by atoms with E-state index in [1.54, 1.807) is 0 Å². The maximum atomic E-state index is 5.71. The number of aromatic nitrogens is 1. The molecule has 0 amide bonds. The minimum absolute atomic E-state index is 0.626. The molecule has 0 saturated carbocycles. The van der Waals surface area contributed by atoms with Crippen molar-refractivity contribution in [2.75, 3.05) is 23.8 Å². The van der Waals surface area contributed by atoms with Crippen molar-refractivity contribution < 1.29 is 4.74 Å². The van der Waals surface area contributed by atoms with Gasteiger partial charge in [-0.2, -0.15) is 4.98 Å². The smallest absolute Gasteiger partial charge is 0.215 e. The molecule has 4 heteroatoms. The van der Waals surface area contributed by atoms with E-state index in [1.807, 2.05) is 49.4 Å². The fourth-order valence-electron chi connectivity index (χ4n) is 2.01. The van der Waals surface area contributed by atoms with E-state index in [0.29, 0.717) is 12.5 Å². The first-order valence-corrected chi connectivity index (χ1v) is 6.92. The third kappa shape index (κ3) is 3.63. The van der Waals surface area contributed by atoms with Crippen molar-refractivity contribution in [2.24, 2.45) is 0 Å². The summed E-state index contributed by atoms with van der Waals surface area (Å²) in [7, 11) is 0. The number of pyridine rings is 1. The normalized spacial score (nSPS) is 10.3. The first kappa shape index (κ1) is 14.2. The van der Waals surface area contributed by atoms with Crippen LogP contribution in [0.25, 0.3) is 0 Å². The van der Waals surface area contributed by atoms with E-state index in [9.17, 15) is 0 Å². The average Bonchev–Trinajstić information content (AvgIpc) is 2.47. The number of nitrogens with two attached hydrogens (primary N) is 1. The van der Waals surface area contributed by atoms with E-state index in [-0.39, 0.29) is 0 Å². The molecule has 1 heterocycles. The van der Waals surface area contributed by atoms with Gasteiger partial charge in [-0.1, -0.05) is 18.2 Å². The lowest BCUT2D eigenvalue weighted by molar-refractivity contribution is 0.327. The number of ether oxygens (including phenoxy) is 1. The molecular weight excluding hydrogens is 250 g/mol. The summed E-state index contributed by atoms with van der Waals surface area (Å²) < 4.78 is 5.45. The van der Waals surface area contributed by atoms with E-state index in [2.05, 4.69) is 16.8 Å². The van der Waals surface area contributed by atoms with Crippen molar-refractivity contribution in [1.29, 1.82) is 0 Å². The van der Waals surface area contributed by atoms with Crippen LogP contribution >= 0.6 is 0 Å². The lowest BCUT2D eigenvalue weighted by atomic mass is 10.2. The van der Waals surface area contributed by atoms with Gasteiger partial charge in [0.25, 0.3) is 0 Å². The van der Waals surface area contributed by atoms with Crippen LogP contribution in [0.15, 0.2) is 42.5 Å². The van der Waals surface area contributed by atoms with E-state index in [4.69, 9.17) is 10.5 Å². The van der Waals surface area contributed by atoms with Gasteiger partial charge in [-0.15, -0.1) is 0 Å². The monoisotopic (exact) mass is 271 g/mol. The zero-order valence-corrected chi connectivity index (χ0v) is 12.0. The highest BCUT2D eigenvalue weighted by atomic mass is 16.5. The summed E-state index contributed by atoms with van der Waals surface area (Å²) in [6, 6.07) is 13.8. The summed E-state index contributed by atoms with van der Waals surface area (Å²) in [5, 5.41) is 0. The van der Waals surface area contributed by atoms with E-state index in [0.717, 1.165) is 24.6 Å². The lowest BCUT2D eigenvalue weighted by Crippen LogP contribution is -2.23. The van der Waals surface area contributed by atoms with Crippen LogP contribution < -0.4 is 15.4 Å². The Hall–Kier alpha value is -2.23. The molecule has 0 fully saturated rings. The van der Waals surface area contributed by atoms with Gasteiger partial charge in [0.15, 0.2) is 0 Å². The van der Waals surface area contributed by atoms with Crippen molar-refractivity contribution >= 4 is 11.5 Å². The number of nitrogens with zero attached hydrogens (tertiary/aromatic N) is 2. The van der Waals surface area contributed by atoms with Crippen LogP contribution in [0.4, 0.5) is 11.5 Å². The van der Waals surface area contributed by atoms with Crippen LogP contribution in [-0.2, 0) is 6.54 Å². The summed E-state index contributed by atoms with van der Waals surface area (Å²) >= 11 is 0. The van der Waals surface area contributed by atoms with Gasteiger partial charge in [0.05, 0.1) is 6.61 Å². The Balaban J connectivity index is 2.15. The topological polar surface area (TPSA) is 51.4 Å². The van der Waals surface area contributed by atoms with Gasteiger partial charge in [-0.3, -0.25) is 0 Å². The van der Waals surface area contributed by atoms with Gasteiger partial charge in [-0.05, 0) is 37.6 Å². The van der Waals surface area contributed by atoms with E-state index in [1.165, 1.54) is 5.56 Å². The second-order valence-corrected chi connectivity index (χ2v) is 4.52. The summed E-state index contributed by atoms with van der Waals surface area (Å²) in [5.41, 5.74) is 7.71. The Labute approximate surface area is 120 Å². The molecule has 20 heavy (non-hydrogen) atoms. The van der Waals surface area contributed by atoms with Gasteiger partial charge >= 0.3 is 0 Å². The van der Waals surface area contributed by atoms with Crippen LogP contribution in [0.3, 0.4) is 0 Å². The van der Waals surface area contributed by atoms with Gasteiger partial charge in [0, 0.05) is 24.8 Å². The highest BCUT2D eigenvalue weighted by Gasteiger charge is 2.08. The van der Waals surface area contributed by atoms with Crippen LogP contribution in [0.2, 0.25) is 0 Å². The van der Waals surface area contributed by atoms with Crippen LogP contribution in [0, 0.1) is 0 Å². The van der Waals surface area contributed by atoms with Gasteiger partial charge < -0.3 is 15.4 Å². The second kappa shape index (κ2) is 6.80. The first-order valence-electron chi connectivity index (χ1n) is 6.92. The highest BCUT2D eigenvalue weighted by Crippen LogP contribution is 2.18. The molecule has 0 aliphatic rings. The molecule has 0 aliphatic carbocycles. The van der Waals surface area contributed by atoms with Gasteiger partial charge in [0.1, 0.15) is 5.82 Å². The van der Waals surface area contributed by atoms with Crippen molar-refractivity contribution in [3.05, 3.63) is 48.0 Å². The zero-order valence-electron chi connectivity index (χ0n) is 12.0. The van der Waals surface area contributed by atoms with Crippen molar-refractivity contribution in [3.63, 3.8) is 0 Å². The van der Waals surface area contributed by atoms with Crippen LogP contribution in [0.1, 0.15) is 19.4 Å².